The highest BCUT2D eigenvalue weighted by Gasteiger charge is 2.39. The summed E-state index contributed by atoms with van der Waals surface area (Å²) in [5, 5.41) is 5.43. The lowest BCUT2D eigenvalue weighted by Gasteiger charge is -2.10. The van der Waals surface area contributed by atoms with E-state index in [1.54, 1.807) is 24.3 Å². The van der Waals surface area contributed by atoms with Crippen molar-refractivity contribution in [3.63, 3.8) is 0 Å². The van der Waals surface area contributed by atoms with Crippen LogP contribution in [0.15, 0.2) is 35.7 Å². The number of hydrogen-bond donors (Lipinski definition) is 3. The number of cyclic esters (lactones) is 1. The number of benzene rings is 1. The van der Waals surface area contributed by atoms with Crippen LogP contribution in [0, 0.1) is 12.8 Å². The normalized spacial score (nSPS) is 18.3. The zero-order valence-electron chi connectivity index (χ0n) is 15.9. The molecule has 2 atom stereocenters. The maximum absolute atomic E-state index is 12.7. The number of anilines is 3. The van der Waals surface area contributed by atoms with Crippen LogP contribution in [-0.4, -0.2) is 35.2 Å². The second-order valence-electron chi connectivity index (χ2n) is 6.82. The Morgan fingerprint density at radius 3 is 2.53 bits per heavy atom. The number of nitrogen functional groups attached to an aromatic ring is 1. The molecule has 4 rings (SSSR count). The van der Waals surface area contributed by atoms with E-state index in [1.807, 2.05) is 18.4 Å². The number of ether oxygens (including phenoxy) is 1. The Hall–Kier alpha value is -3.08. The Bertz CT molecular complexity index is 1140. The number of aryl methyl sites for hydroxylation is 1. The van der Waals surface area contributed by atoms with E-state index in [2.05, 4.69) is 10.3 Å². The van der Waals surface area contributed by atoms with Crippen LogP contribution >= 0.6 is 22.7 Å². The molecule has 0 amide bonds. The molecule has 1 fully saturated rings. The summed E-state index contributed by atoms with van der Waals surface area (Å²) in [5.41, 5.74) is 13.7. The Balaban J connectivity index is 1.48. The molecule has 8 nitrogen and oxygen atoms in total. The van der Waals surface area contributed by atoms with Gasteiger partial charge < -0.3 is 21.5 Å². The molecule has 3 aromatic rings. The highest BCUT2D eigenvalue weighted by molar-refractivity contribution is 7.19. The Morgan fingerprint density at radius 2 is 1.93 bits per heavy atom. The van der Waals surface area contributed by atoms with Gasteiger partial charge in [-0.05, 0) is 48.2 Å². The number of nitrogens with one attached hydrogen (secondary N) is 1. The van der Waals surface area contributed by atoms with Gasteiger partial charge in [0.15, 0.2) is 10.9 Å². The van der Waals surface area contributed by atoms with Gasteiger partial charge in [0.2, 0.25) is 5.78 Å². The van der Waals surface area contributed by atoms with Crippen molar-refractivity contribution in [3.8, 4) is 0 Å². The smallest absolute Gasteiger partial charge is 0.323 e. The molecule has 0 saturated carbocycles. The van der Waals surface area contributed by atoms with E-state index in [0.29, 0.717) is 26.1 Å². The van der Waals surface area contributed by atoms with Crippen molar-refractivity contribution in [1.29, 1.82) is 0 Å². The summed E-state index contributed by atoms with van der Waals surface area (Å²) < 4.78 is 4.85. The molecule has 0 bridgehead atoms. The van der Waals surface area contributed by atoms with Crippen LogP contribution in [0.4, 0.5) is 16.6 Å². The summed E-state index contributed by atoms with van der Waals surface area (Å²) in [6.45, 7) is 1.88. The number of rotatable bonds is 6. The maximum atomic E-state index is 12.7. The van der Waals surface area contributed by atoms with Gasteiger partial charge in [-0.3, -0.25) is 14.4 Å². The summed E-state index contributed by atoms with van der Waals surface area (Å²) in [5.74, 6) is -1.44. The molecule has 10 heteroatoms. The highest BCUT2D eigenvalue weighted by Crippen LogP contribution is 2.32. The number of carbonyl (C=O) groups excluding carboxylic acids is 3. The van der Waals surface area contributed by atoms with Gasteiger partial charge in [0.1, 0.15) is 23.3 Å². The number of nitrogens with zero attached hydrogens (tertiary/aromatic N) is 1. The lowest BCUT2D eigenvalue weighted by molar-refractivity contribution is -0.139. The van der Waals surface area contributed by atoms with Gasteiger partial charge in [0, 0.05) is 11.3 Å². The molecule has 1 aliphatic rings. The number of Topliss-reactive ketones (excluding diaryl/α,β-unsaturated/α-hetero) is 1. The molecule has 1 aliphatic heterocycles. The molecule has 30 heavy (non-hydrogen) atoms. The molecular formula is C20H18N4O4S2. The van der Waals surface area contributed by atoms with Crippen LogP contribution in [-0.2, 0) is 9.53 Å². The number of hydrogen-bond acceptors (Lipinski definition) is 10. The first-order chi connectivity index (χ1) is 14.3. The number of thiazole rings is 1. The quantitative estimate of drug-likeness (QED) is 0.391. The van der Waals surface area contributed by atoms with Crippen LogP contribution in [0.5, 0.6) is 0 Å². The molecule has 3 heterocycles. The number of carbonyl (C=O) groups is 3. The topological polar surface area (TPSA) is 137 Å². The van der Waals surface area contributed by atoms with Crippen molar-refractivity contribution < 1.29 is 19.1 Å². The summed E-state index contributed by atoms with van der Waals surface area (Å²) >= 11 is 2.55. The largest absolute Gasteiger partial charge is 0.464 e. The summed E-state index contributed by atoms with van der Waals surface area (Å²) in [6, 6.07) is 7.64. The molecule has 5 N–H and O–H groups in total. The van der Waals surface area contributed by atoms with Gasteiger partial charge >= 0.3 is 5.97 Å². The van der Waals surface area contributed by atoms with Gasteiger partial charge in [-0.25, -0.2) is 4.98 Å². The summed E-state index contributed by atoms with van der Waals surface area (Å²) in [4.78, 5) is 41.9. The average Bonchev–Trinajstić information content (AvgIpc) is 3.41. The van der Waals surface area contributed by atoms with Gasteiger partial charge in [0.05, 0.1) is 10.8 Å². The number of ketones is 2. The van der Waals surface area contributed by atoms with Gasteiger partial charge in [-0.1, -0.05) is 11.3 Å². The highest BCUT2D eigenvalue weighted by atomic mass is 32.1. The van der Waals surface area contributed by atoms with E-state index < -0.39 is 17.9 Å². The van der Waals surface area contributed by atoms with E-state index in [4.69, 9.17) is 16.2 Å². The van der Waals surface area contributed by atoms with Crippen LogP contribution < -0.4 is 16.8 Å². The molecule has 2 aromatic heterocycles. The molecule has 0 spiro atoms. The Morgan fingerprint density at radius 1 is 1.20 bits per heavy atom. The fourth-order valence-corrected chi connectivity index (χ4v) is 4.87. The number of thiophene rings is 1. The molecule has 0 unspecified atom stereocenters. The van der Waals surface area contributed by atoms with Crippen molar-refractivity contribution in [1.82, 2.24) is 4.98 Å². The standard InChI is InChI=1S/C20H18N4O4S2/c1-9-6-7-29-16(9)15(26)17-18(22)24-20(30-17)23-11-4-2-10(3-5-11)14(25)12-8-28-19(27)13(12)21/h2-7,12-13H,8,21-22H2,1H3,(H,23,24)/t12-,13+/m0/s1. The molecule has 154 valence electrons. The van der Waals surface area contributed by atoms with E-state index in [0.717, 1.165) is 5.56 Å². The minimum atomic E-state index is -0.934. The average molecular weight is 443 g/mol. The van der Waals surface area contributed by atoms with E-state index in [-0.39, 0.29) is 24.0 Å². The predicted octanol–water partition coefficient (Wildman–Crippen LogP) is 2.75. The zero-order valence-corrected chi connectivity index (χ0v) is 17.5. The minimum Gasteiger partial charge on any atom is -0.464 e. The van der Waals surface area contributed by atoms with Crippen LogP contribution in [0.2, 0.25) is 0 Å². The Kier molecular flexibility index (Phi) is 5.37. The van der Waals surface area contributed by atoms with Crippen molar-refractivity contribution in [2.24, 2.45) is 11.7 Å². The van der Waals surface area contributed by atoms with Crippen LogP contribution in [0.1, 0.15) is 30.5 Å². The summed E-state index contributed by atoms with van der Waals surface area (Å²) in [6.07, 6.45) is 0. The first-order valence-electron chi connectivity index (χ1n) is 9.03. The van der Waals surface area contributed by atoms with Crippen LogP contribution in [0.25, 0.3) is 0 Å². The van der Waals surface area contributed by atoms with Gasteiger partial charge in [-0.2, -0.15) is 0 Å². The fourth-order valence-electron chi connectivity index (χ4n) is 3.09. The first-order valence-corrected chi connectivity index (χ1v) is 10.7. The maximum Gasteiger partial charge on any atom is 0.323 e. The Labute approximate surface area is 179 Å². The first kappa shape index (κ1) is 20.2. The van der Waals surface area contributed by atoms with Crippen LogP contribution in [0.3, 0.4) is 0 Å². The SMILES string of the molecule is Cc1ccsc1C(=O)c1sc(Nc2ccc(C(=O)[C@H]3COC(=O)[C@@H]3N)cc2)nc1N. The van der Waals surface area contributed by atoms with E-state index >= 15 is 0 Å². The fraction of sp³-hybridized carbons (Fsp3) is 0.200. The van der Waals surface area contributed by atoms with Crippen molar-refractivity contribution in [2.45, 2.75) is 13.0 Å². The van der Waals surface area contributed by atoms with Gasteiger partial charge in [-0.15, -0.1) is 11.3 Å². The third kappa shape index (κ3) is 3.72. The van der Waals surface area contributed by atoms with Crippen molar-refractivity contribution >= 4 is 56.8 Å². The number of aromatic nitrogens is 1. The molecular weight excluding hydrogens is 424 g/mol. The molecule has 0 aliphatic carbocycles. The molecule has 1 saturated heterocycles. The predicted molar refractivity (Wildman–Crippen MR) is 115 cm³/mol. The lowest BCUT2D eigenvalue weighted by atomic mass is 9.93. The third-order valence-corrected chi connectivity index (χ3v) is 6.80. The zero-order chi connectivity index (χ0) is 21.4. The number of esters is 1. The second-order valence-corrected chi connectivity index (χ2v) is 8.74. The molecule has 0 radical (unpaired) electrons. The second kappa shape index (κ2) is 7.98. The lowest BCUT2D eigenvalue weighted by Crippen LogP contribution is -2.36. The third-order valence-electron chi connectivity index (χ3n) is 4.80. The van der Waals surface area contributed by atoms with Crippen molar-refractivity contribution in [2.75, 3.05) is 17.7 Å². The summed E-state index contributed by atoms with van der Waals surface area (Å²) in [7, 11) is 0. The monoisotopic (exact) mass is 442 g/mol. The van der Waals surface area contributed by atoms with E-state index in [9.17, 15) is 14.4 Å². The van der Waals surface area contributed by atoms with E-state index in [1.165, 1.54) is 22.7 Å². The van der Waals surface area contributed by atoms with Gasteiger partial charge in [0.25, 0.3) is 0 Å². The minimum absolute atomic E-state index is 0.00224. The molecule has 1 aromatic carbocycles. The number of nitrogens with two attached hydrogens (primary N) is 2. The van der Waals surface area contributed by atoms with Crippen molar-refractivity contribution in [3.05, 3.63) is 56.6 Å².